The Labute approximate surface area is 167 Å². The molecule has 1 aliphatic carbocycles. The average molecular weight is 383 g/mol. The molecule has 2 amide bonds. The second kappa shape index (κ2) is 7.26. The number of carbonyl (C=O) groups excluding carboxylic acids is 2. The van der Waals surface area contributed by atoms with Gasteiger partial charge in [-0.2, -0.15) is 0 Å². The molecular formula is C23H30N2O3. The first-order chi connectivity index (χ1) is 13.3. The minimum absolute atomic E-state index is 0.100. The SMILES string of the molecule is CC(C)(C)OC(=O)N1CCc2cc(C(=O)N3CC[C@H]4CCCC=C4C3)ccc21. The van der Waals surface area contributed by atoms with Gasteiger partial charge in [-0.25, -0.2) is 4.79 Å². The summed E-state index contributed by atoms with van der Waals surface area (Å²) in [5, 5.41) is 0. The molecule has 0 radical (unpaired) electrons. The Hall–Kier alpha value is -2.30. The van der Waals surface area contributed by atoms with Crippen LogP contribution >= 0.6 is 0 Å². The number of hydrogen-bond acceptors (Lipinski definition) is 3. The first-order valence-corrected chi connectivity index (χ1v) is 10.4. The van der Waals surface area contributed by atoms with E-state index in [2.05, 4.69) is 6.08 Å². The second-order valence-corrected chi connectivity index (χ2v) is 9.15. The Bertz CT molecular complexity index is 822. The molecule has 1 atom stereocenters. The Morgan fingerprint density at radius 2 is 1.96 bits per heavy atom. The highest BCUT2D eigenvalue weighted by Crippen LogP contribution is 2.34. The molecule has 1 saturated heterocycles. The number of ether oxygens (including phenoxy) is 1. The first kappa shape index (κ1) is 19.0. The van der Waals surface area contributed by atoms with E-state index < -0.39 is 5.60 Å². The van der Waals surface area contributed by atoms with Crippen molar-refractivity contribution in [2.24, 2.45) is 5.92 Å². The fourth-order valence-electron chi connectivity index (χ4n) is 4.54. The van der Waals surface area contributed by atoms with Crippen LogP contribution in [0.5, 0.6) is 0 Å². The molecule has 150 valence electrons. The molecule has 0 aromatic heterocycles. The van der Waals surface area contributed by atoms with E-state index in [-0.39, 0.29) is 12.0 Å². The Morgan fingerprint density at radius 1 is 1.14 bits per heavy atom. The van der Waals surface area contributed by atoms with Gasteiger partial charge < -0.3 is 9.64 Å². The third-order valence-corrected chi connectivity index (χ3v) is 5.93. The van der Waals surface area contributed by atoms with Crippen molar-refractivity contribution < 1.29 is 14.3 Å². The topological polar surface area (TPSA) is 49.9 Å². The fourth-order valence-corrected chi connectivity index (χ4v) is 4.54. The second-order valence-electron chi connectivity index (χ2n) is 9.15. The number of piperidine rings is 1. The quantitative estimate of drug-likeness (QED) is 0.669. The molecule has 1 aromatic rings. The molecular weight excluding hydrogens is 352 g/mol. The number of amides is 2. The monoisotopic (exact) mass is 382 g/mol. The van der Waals surface area contributed by atoms with Gasteiger partial charge >= 0.3 is 6.09 Å². The van der Waals surface area contributed by atoms with E-state index >= 15 is 0 Å². The van der Waals surface area contributed by atoms with Gasteiger partial charge in [0, 0.05) is 25.2 Å². The molecule has 4 rings (SSSR count). The van der Waals surface area contributed by atoms with Crippen LogP contribution in [0.15, 0.2) is 29.8 Å². The van der Waals surface area contributed by atoms with Crippen molar-refractivity contribution in [2.45, 2.75) is 58.5 Å². The summed E-state index contributed by atoms with van der Waals surface area (Å²) in [7, 11) is 0. The van der Waals surface area contributed by atoms with E-state index in [1.807, 2.05) is 43.9 Å². The third kappa shape index (κ3) is 3.80. The summed E-state index contributed by atoms with van der Waals surface area (Å²) in [5.41, 5.74) is 3.56. The smallest absolute Gasteiger partial charge is 0.414 e. The zero-order valence-electron chi connectivity index (χ0n) is 17.2. The fraction of sp³-hybridized carbons (Fsp3) is 0.565. The summed E-state index contributed by atoms with van der Waals surface area (Å²) in [6.07, 6.45) is 7.55. The van der Waals surface area contributed by atoms with E-state index in [1.54, 1.807) is 4.90 Å². The predicted molar refractivity (Wildman–Crippen MR) is 110 cm³/mol. The summed E-state index contributed by atoms with van der Waals surface area (Å²) < 4.78 is 5.51. The standard InChI is InChI=1S/C23H30N2O3/c1-23(2,3)28-22(27)25-13-11-17-14-18(8-9-20(17)25)21(26)24-12-10-16-6-4-5-7-19(16)15-24/h7-9,14,16H,4-6,10-13,15H2,1-3H3/t16-/m1/s1. The van der Waals surface area contributed by atoms with Crippen molar-refractivity contribution in [3.63, 3.8) is 0 Å². The Morgan fingerprint density at radius 3 is 2.75 bits per heavy atom. The lowest BCUT2D eigenvalue weighted by Gasteiger charge is -2.36. The Balaban J connectivity index is 1.48. The van der Waals surface area contributed by atoms with Crippen LogP contribution in [0.3, 0.4) is 0 Å². The zero-order chi connectivity index (χ0) is 19.9. The van der Waals surface area contributed by atoms with E-state index in [4.69, 9.17) is 4.74 Å². The lowest BCUT2D eigenvalue weighted by atomic mass is 9.82. The number of anilines is 1. The zero-order valence-corrected chi connectivity index (χ0v) is 17.2. The van der Waals surface area contributed by atoms with Gasteiger partial charge in [0.15, 0.2) is 0 Å². The molecule has 3 aliphatic rings. The molecule has 1 aromatic carbocycles. The van der Waals surface area contributed by atoms with Gasteiger partial charge in [-0.1, -0.05) is 11.6 Å². The summed E-state index contributed by atoms with van der Waals surface area (Å²) in [6.45, 7) is 7.81. The van der Waals surface area contributed by atoms with Crippen molar-refractivity contribution in [3.8, 4) is 0 Å². The highest BCUT2D eigenvalue weighted by atomic mass is 16.6. The summed E-state index contributed by atoms with van der Waals surface area (Å²) >= 11 is 0. The van der Waals surface area contributed by atoms with E-state index in [1.165, 1.54) is 18.4 Å². The van der Waals surface area contributed by atoms with Crippen LogP contribution in [0.1, 0.15) is 62.4 Å². The predicted octanol–water partition coefficient (Wildman–Crippen LogP) is 4.56. The minimum Gasteiger partial charge on any atom is -0.443 e. The van der Waals surface area contributed by atoms with Gasteiger partial charge in [-0.3, -0.25) is 9.69 Å². The number of benzene rings is 1. The maximum absolute atomic E-state index is 13.1. The first-order valence-electron chi connectivity index (χ1n) is 10.4. The average Bonchev–Trinajstić information content (AvgIpc) is 3.09. The van der Waals surface area contributed by atoms with Crippen molar-refractivity contribution in [2.75, 3.05) is 24.5 Å². The normalized spacial score (nSPS) is 21.7. The summed E-state index contributed by atoms with van der Waals surface area (Å²) in [4.78, 5) is 29.2. The molecule has 2 heterocycles. The minimum atomic E-state index is -0.518. The maximum Gasteiger partial charge on any atom is 0.414 e. The number of allylic oxidation sites excluding steroid dienone is 1. The number of likely N-dealkylation sites (tertiary alicyclic amines) is 1. The van der Waals surface area contributed by atoms with Crippen molar-refractivity contribution in [1.29, 1.82) is 0 Å². The summed E-state index contributed by atoms with van der Waals surface area (Å²) in [5.74, 6) is 0.781. The van der Waals surface area contributed by atoms with E-state index in [0.717, 1.165) is 49.2 Å². The molecule has 5 nitrogen and oxygen atoms in total. The molecule has 28 heavy (non-hydrogen) atoms. The van der Waals surface area contributed by atoms with Gasteiger partial charge in [0.1, 0.15) is 5.60 Å². The van der Waals surface area contributed by atoms with Gasteiger partial charge in [0.25, 0.3) is 5.91 Å². The van der Waals surface area contributed by atoms with Crippen LogP contribution in [0.4, 0.5) is 10.5 Å². The Kier molecular flexibility index (Phi) is 4.94. The molecule has 5 heteroatoms. The lowest BCUT2D eigenvalue weighted by Crippen LogP contribution is -2.40. The van der Waals surface area contributed by atoms with Crippen LogP contribution in [0.2, 0.25) is 0 Å². The largest absolute Gasteiger partial charge is 0.443 e. The number of fused-ring (bicyclic) bond motifs is 2. The van der Waals surface area contributed by atoms with Gasteiger partial charge in [0.05, 0.1) is 5.69 Å². The third-order valence-electron chi connectivity index (χ3n) is 5.93. The molecule has 1 fully saturated rings. The molecule has 2 aliphatic heterocycles. The highest BCUT2D eigenvalue weighted by Gasteiger charge is 2.31. The van der Waals surface area contributed by atoms with E-state index in [9.17, 15) is 9.59 Å². The van der Waals surface area contributed by atoms with Crippen molar-refractivity contribution in [1.82, 2.24) is 4.90 Å². The molecule has 0 bridgehead atoms. The number of hydrogen-bond donors (Lipinski definition) is 0. The van der Waals surface area contributed by atoms with Crippen molar-refractivity contribution in [3.05, 3.63) is 41.0 Å². The lowest BCUT2D eigenvalue weighted by molar-refractivity contribution is 0.0583. The van der Waals surface area contributed by atoms with Gasteiger partial charge in [-0.05, 0) is 82.6 Å². The van der Waals surface area contributed by atoms with Gasteiger partial charge in [-0.15, -0.1) is 0 Å². The highest BCUT2D eigenvalue weighted by molar-refractivity contribution is 5.97. The van der Waals surface area contributed by atoms with Crippen LogP contribution in [-0.2, 0) is 11.2 Å². The number of nitrogens with zero attached hydrogens (tertiary/aromatic N) is 2. The van der Waals surface area contributed by atoms with E-state index in [0.29, 0.717) is 12.5 Å². The van der Waals surface area contributed by atoms with Crippen LogP contribution in [-0.4, -0.2) is 42.1 Å². The number of rotatable bonds is 1. The maximum atomic E-state index is 13.1. The van der Waals surface area contributed by atoms with Crippen molar-refractivity contribution >= 4 is 17.7 Å². The molecule has 0 spiro atoms. The van der Waals surface area contributed by atoms with Crippen LogP contribution < -0.4 is 4.90 Å². The van der Waals surface area contributed by atoms with Crippen LogP contribution in [0.25, 0.3) is 0 Å². The number of carbonyl (C=O) groups is 2. The van der Waals surface area contributed by atoms with Crippen LogP contribution in [0, 0.1) is 5.92 Å². The molecule has 0 N–H and O–H groups in total. The van der Waals surface area contributed by atoms with Gasteiger partial charge in [0.2, 0.25) is 0 Å². The summed E-state index contributed by atoms with van der Waals surface area (Å²) in [6, 6.07) is 5.71. The molecule has 0 unspecified atom stereocenters. The molecule has 0 saturated carbocycles.